The van der Waals surface area contributed by atoms with Gasteiger partial charge in [-0.05, 0) is 43.5 Å². The molecule has 1 N–H and O–H groups in total. The van der Waals surface area contributed by atoms with Crippen molar-refractivity contribution in [2.24, 2.45) is 5.10 Å². The summed E-state index contributed by atoms with van der Waals surface area (Å²) < 4.78 is 5.65. The Morgan fingerprint density at radius 3 is 2.91 bits per heavy atom. The van der Waals surface area contributed by atoms with Gasteiger partial charge in [0.1, 0.15) is 5.75 Å². The van der Waals surface area contributed by atoms with Crippen LogP contribution in [0.25, 0.3) is 0 Å². The van der Waals surface area contributed by atoms with Crippen LogP contribution >= 0.6 is 11.3 Å². The number of rotatable bonds is 7. The highest BCUT2D eigenvalue weighted by Gasteiger charge is 2.11. The highest BCUT2D eigenvalue weighted by atomic mass is 32.1. The third-order valence-corrected chi connectivity index (χ3v) is 4.55. The third kappa shape index (κ3) is 4.93. The third-order valence-electron chi connectivity index (χ3n) is 3.53. The molecule has 5 heteroatoms. The van der Waals surface area contributed by atoms with Crippen molar-refractivity contribution in [2.75, 3.05) is 6.61 Å². The number of amides is 1. The maximum absolute atomic E-state index is 12.1. The Morgan fingerprint density at radius 1 is 1.39 bits per heavy atom. The van der Waals surface area contributed by atoms with E-state index in [1.807, 2.05) is 43.5 Å². The van der Waals surface area contributed by atoms with Gasteiger partial charge in [0, 0.05) is 10.3 Å². The highest BCUT2D eigenvalue weighted by molar-refractivity contribution is 7.10. The number of hydrogen-bond acceptors (Lipinski definition) is 4. The molecule has 0 radical (unpaired) electrons. The second-order valence-electron chi connectivity index (χ2n) is 5.30. The molecule has 0 atom stereocenters. The first-order valence-corrected chi connectivity index (χ1v) is 8.60. The number of carbonyl (C=O) groups is 1. The van der Waals surface area contributed by atoms with Gasteiger partial charge in [0.25, 0.3) is 5.91 Å². The Balaban J connectivity index is 1.93. The number of unbranched alkanes of at least 4 members (excludes halogenated alkanes) is 1. The molecular formula is C18H22N2O2S. The number of nitrogens with one attached hydrogen (secondary N) is 1. The van der Waals surface area contributed by atoms with Crippen LogP contribution in [0, 0.1) is 13.8 Å². The number of benzene rings is 1. The molecule has 2 rings (SSSR count). The summed E-state index contributed by atoms with van der Waals surface area (Å²) in [4.78, 5) is 13.2. The van der Waals surface area contributed by atoms with Gasteiger partial charge < -0.3 is 4.74 Å². The van der Waals surface area contributed by atoms with Gasteiger partial charge in [-0.25, -0.2) is 5.43 Å². The van der Waals surface area contributed by atoms with Gasteiger partial charge in [-0.15, -0.1) is 11.3 Å². The fourth-order valence-electron chi connectivity index (χ4n) is 1.98. The fourth-order valence-corrected chi connectivity index (χ4v) is 2.85. The van der Waals surface area contributed by atoms with Gasteiger partial charge in [-0.1, -0.05) is 25.5 Å². The van der Waals surface area contributed by atoms with Crippen molar-refractivity contribution >= 4 is 23.5 Å². The van der Waals surface area contributed by atoms with Crippen molar-refractivity contribution in [1.82, 2.24) is 5.43 Å². The summed E-state index contributed by atoms with van der Waals surface area (Å²) in [6.45, 7) is 6.79. The molecule has 1 aromatic heterocycles. The standard InChI is InChI=1S/C18H22N2O2S/c1-4-5-9-22-16-8-6-7-15(10-16)11-19-20-18(21)17-12-23-14(3)13(17)2/h6-8,10-12H,4-5,9H2,1-3H3,(H,20,21)/b19-11-. The van der Waals surface area contributed by atoms with Crippen molar-refractivity contribution in [3.63, 3.8) is 0 Å². The molecular weight excluding hydrogens is 308 g/mol. The summed E-state index contributed by atoms with van der Waals surface area (Å²) in [6.07, 6.45) is 3.77. The number of ether oxygens (including phenoxy) is 1. The first-order valence-electron chi connectivity index (χ1n) is 7.72. The largest absolute Gasteiger partial charge is 0.494 e. The van der Waals surface area contributed by atoms with Crippen LogP contribution < -0.4 is 10.2 Å². The Bertz CT molecular complexity index is 692. The minimum atomic E-state index is -0.182. The topological polar surface area (TPSA) is 50.7 Å². The Hall–Kier alpha value is -2.14. The molecule has 0 saturated carbocycles. The lowest BCUT2D eigenvalue weighted by Crippen LogP contribution is -2.17. The van der Waals surface area contributed by atoms with Gasteiger partial charge in [0.05, 0.1) is 18.4 Å². The van der Waals surface area contributed by atoms with Gasteiger partial charge in [0.2, 0.25) is 0 Å². The summed E-state index contributed by atoms with van der Waals surface area (Å²) in [5.41, 5.74) is 5.15. The molecule has 0 aliphatic rings. The Labute approximate surface area is 141 Å². The van der Waals surface area contributed by atoms with Crippen LogP contribution in [0.15, 0.2) is 34.7 Å². The van der Waals surface area contributed by atoms with Crippen molar-refractivity contribution in [3.8, 4) is 5.75 Å². The van der Waals surface area contributed by atoms with Crippen molar-refractivity contribution in [1.29, 1.82) is 0 Å². The zero-order valence-electron chi connectivity index (χ0n) is 13.8. The summed E-state index contributed by atoms with van der Waals surface area (Å²) in [5, 5.41) is 5.89. The van der Waals surface area contributed by atoms with Crippen LogP contribution in [0.5, 0.6) is 5.75 Å². The Morgan fingerprint density at radius 2 is 2.22 bits per heavy atom. The molecule has 0 bridgehead atoms. The normalized spacial score (nSPS) is 10.9. The van der Waals surface area contributed by atoms with E-state index in [2.05, 4.69) is 17.5 Å². The highest BCUT2D eigenvalue weighted by Crippen LogP contribution is 2.20. The smallest absolute Gasteiger partial charge is 0.272 e. The Kier molecular flexibility index (Phi) is 6.35. The summed E-state index contributed by atoms with van der Waals surface area (Å²) >= 11 is 1.57. The van der Waals surface area contributed by atoms with Crippen LogP contribution in [0.2, 0.25) is 0 Å². The van der Waals surface area contributed by atoms with E-state index in [9.17, 15) is 4.79 Å². The minimum absolute atomic E-state index is 0.182. The molecule has 4 nitrogen and oxygen atoms in total. The summed E-state index contributed by atoms with van der Waals surface area (Å²) in [5.74, 6) is 0.636. The average molecular weight is 330 g/mol. The second kappa shape index (κ2) is 8.48. The minimum Gasteiger partial charge on any atom is -0.494 e. The van der Waals surface area contributed by atoms with E-state index in [4.69, 9.17) is 4.74 Å². The molecule has 0 saturated heterocycles. The van der Waals surface area contributed by atoms with E-state index >= 15 is 0 Å². The number of hydrogen-bond donors (Lipinski definition) is 1. The molecule has 1 aromatic carbocycles. The number of hydrazone groups is 1. The molecule has 1 amide bonds. The van der Waals surface area contributed by atoms with Crippen LogP contribution in [-0.2, 0) is 0 Å². The molecule has 0 spiro atoms. The zero-order chi connectivity index (χ0) is 16.7. The maximum Gasteiger partial charge on any atom is 0.272 e. The molecule has 0 fully saturated rings. The quantitative estimate of drug-likeness (QED) is 0.467. The van der Waals surface area contributed by atoms with Gasteiger partial charge >= 0.3 is 0 Å². The van der Waals surface area contributed by atoms with E-state index in [1.54, 1.807) is 17.6 Å². The monoisotopic (exact) mass is 330 g/mol. The van der Waals surface area contributed by atoms with Crippen molar-refractivity contribution in [2.45, 2.75) is 33.6 Å². The summed E-state index contributed by atoms with van der Waals surface area (Å²) in [7, 11) is 0. The predicted molar refractivity (Wildman–Crippen MR) is 95.7 cm³/mol. The second-order valence-corrected chi connectivity index (χ2v) is 6.39. The number of nitrogens with zero attached hydrogens (tertiary/aromatic N) is 1. The first-order chi connectivity index (χ1) is 11.1. The van der Waals surface area contributed by atoms with E-state index < -0.39 is 0 Å². The molecule has 23 heavy (non-hydrogen) atoms. The number of aryl methyl sites for hydroxylation is 1. The maximum atomic E-state index is 12.1. The molecule has 0 aliphatic carbocycles. The lowest BCUT2D eigenvalue weighted by molar-refractivity contribution is 0.0955. The SMILES string of the molecule is CCCCOc1cccc(/C=N\NC(=O)c2csc(C)c2C)c1. The van der Waals surface area contributed by atoms with Crippen molar-refractivity contribution in [3.05, 3.63) is 51.2 Å². The van der Waals surface area contributed by atoms with E-state index in [0.717, 1.165) is 34.6 Å². The molecule has 122 valence electrons. The predicted octanol–water partition coefficient (Wildman–Crippen LogP) is 4.31. The number of thiophene rings is 1. The molecule has 0 unspecified atom stereocenters. The lowest BCUT2D eigenvalue weighted by Gasteiger charge is -2.05. The van der Waals surface area contributed by atoms with Crippen LogP contribution in [0.3, 0.4) is 0 Å². The van der Waals surface area contributed by atoms with Crippen LogP contribution in [0.4, 0.5) is 0 Å². The van der Waals surface area contributed by atoms with Crippen molar-refractivity contribution < 1.29 is 9.53 Å². The van der Waals surface area contributed by atoms with E-state index in [0.29, 0.717) is 12.2 Å². The summed E-state index contributed by atoms with van der Waals surface area (Å²) in [6, 6.07) is 7.66. The molecule has 2 aromatic rings. The lowest BCUT2D eigenvalue weighted by atomic mass is 10.2. The van der Waals surface area contributed by atoms with Gasteiger partial charge in [-0.3, -0.25) is 4.79 Å². The average Bonchev–Trinajstić information content (AvgIpc) is 2.88. The fraction of sp³-hybridized carbons (Fsp3) is 0.333. The molecule has 1 heterocycles. The first kappa shape index (κ1) is 17.2. The van der Waals surface area contributed by atoms with Crippen LogP contribution in [-0.4, -0.2) is 18.7 Å². The zero-order valence-corrected chi connectivity index (χ0v) is 14.6. The number of carbonyl (C=O) groups excluding carboxylic acids is 1. The van der Waals surface area contributed by atoms with E-state index in [-0.39, 0.29) is 5.91 Å². The van der Waals surface area contributed by atoms with E-state index in [1.165, 1.54) is 0 Å². The molecule has 0 aliphatic heterocycles. The van der Waals surface area contributed by atoms with Crippen LogP contribution in [0.1, 0.15) is 46.1 Å². The van der Waals surface area contributed by atoms with Gasteiger partial charge in [-0.2, -0.15) is 5.10 Å². The van der Waals surface area contributed by atoms with Gasteiger partial charge in [0.15, 0.2) is 0 Å².